The standard InChI is InChI=1S/C20H22F3N5O3/c1-11-18(24-19(29)14-9-17(20(21,22)23)27(3)26-14)12(2)28(25-11)10-13-6-7-15(30-4)16(8-13)31-5/h6-9H,10H2,1-5H3,(H,24,29). The second-order valence-electron chi connectivity index (χ2n) is 6.88. The molecule has 166 valence electrons. The molecule has 2 aromatic heterocycles. The molecule has 0 unspecified atom stereocenters. The van der Waals surface area contributed by atoms with Gasteiger partial charge in [-0.15, -0.1) is 0 Å². The molecule has 0 saturated heterocycles. The molecule has 1 N–H and O–H groups in total. The number of carbonyl (C=O) groups excluding carboxylic acids is 1. The Bertz CT molecular complexity index is 1120. The molecule has 0 bridgehead atoms. The molecule has 0 saturated carbocycles. The van der Waals surface area contributed by atoms with E-state index in [4.69, 9.17) is 9.47 Å². The molecule has 3 aromatic rings. The number of alkyl halides is 3. The predicted octanol–water partition coefficient (Wildman–Crippen LogP) is 3.57. The maximum atomic E-state index is 13.0. The van der Waals surface area contributed by atoms with Gasteiger partial charge in [0.05, 0.1) is 37.8 Å². The van der Waals surface area contributed by atoms with Crippen molar-refractivity contribution in [3.05, 3.63) is 52.6 Å². The molecule has 1 amide bonds. The van der Waals surface area contributed by atoms with E-state index in [0.717, 1.165) is 12.6 Å². The van der Waals surface area contributed by atoms with Gasteiger partial charge in [0.25, 0.3) is 5.91 Å². The highest BCUT2D eigenvalue weighted by molar-refractivity contribution is 6.03. The SMILES string of the molecule is COc1ccc(Cn2nc(C)c(NC(=O)c3cc(C(F)(F)F)n(C)n3)c2C)cc1OC. The summed E-state index contributed by atoms with van der Waals surface area (Å²) in [4.78, 5) is 12.5. The minimum atomic E-state index is -4.60. The fourth-order valence-electron chi connectivity index (χ4n) is 3.20. The number of methoxy groups -OCH3 is 2. The second kappa shape index (κ2) is 8.32. The van der Waals surface area contributed by atoms with Gasteiger partial charge in [-0.25, -0.2) is 0 Å². The third-order valence-electron chi connectivity index (χ3n) is 4.80. The summed E-state index contributed by atoms with van der Waals surface area (Å²) in [7, 11) is 4.23. The Labute approximate surface area is 176 Å². The van der Waals surface area contributed by atoms with E-state index in [-0.39, 0.29) is 5.69 Å². The quantitative estimate of drug-likeness (QED) is 0.638. The lowest BCUT2D eigenvalue weighted by Gasteiger charge is -2.11. The Morgan fingerprint density at radius 3 is 2.35 bits per heavy atom. The number of benzene rings is 1. The minimum Gasteiger partial charge on any atom is -0.493 e. The van der Waals surface area contributed by atoms with Crippen LogP contribution in [0.2, 0.25) is 0 Å². The molecule has 0 atom stereocenters. The fraction of sp³-hybridized carbons (Fsp3) is 0.350. The van der Waals surface area contributed by atoms with Gasteiger partial charge in [-0.3, -0.25) is 14.2 Å². The van der Waals surface area contributed by atoms with Crippen LogP contribution in [0.1, 0.15) is 33.1 Å². The molecule has 1 aromatic carbocycles. The van der Waals surface area contributed by atoms with Crippen molar-refractivity contribution in [2.45, 2.75) is 26.6 Å². The summed E-state index contributed by atoms with van der Waals surface area (Å²) in [6, 6.07) is 6.18. The molecule has 0 radical (unpaired) electrons. The lowest BCUT2D eigenvalue weighted by atomic mass is 10.2. The number of ether oxygens (including phenoxy) is 2. The summed E-state index contributed by atoms with van der Waals surface area (Å²) in [6.45, 7) is 3.86. The van der Waals surface area contributed by atoms with Gasteiger partial charge < -0.3 is 14.8 Å². The number of aryl methyl sites for hydroxylation is 2. The van der Waals surface area contributed by atoms with Gasteiger partial charge in [0, 0.05) is 13.1 Å². The number of carbonyl (C=O) groups is 1. The van der Waals surface area contributed by atoms with Crippen LogP contribution >= 0.6 is 0 Å². The summed E-state index contributed by atoms with van der Waals surface area (Å²) in [5, 5.41) is 10.7. The molecular formula is C20H22F3N5O3. The van der Waals surface area contributed by atoms with Gasteiger partial charge in [0.15, 0.2) is 17.2 Å². The number of aromatic nitrogens is 4. The van der Waals surface area contributed by atoms with E-state index in [2.05, 4.69) is 15.5 Å². The Morgan fingerprint density at radius 1 is 1.10 bits per heavy atom. The van der Waals surface area contributed by atoms with Gasteiger partial charge in [-0.1, -0.05) is 6.07 Å². The van der Waals surface area contributed by atoms with Crippen molar-refractivity contribution in [1.29, 1.82) is 0 Å². The zero-order chi connectivity index (χ0) is 22.9. The van der Waals surface area contributed by atoms with Crippen molar-refractivity contribution >= 4 is 11.6 Å². The van der Waals surface area contributed by atoms with Gasteiger partial charge in [0.1, 0.15) is 5.69 Å². The Kier molecular flexibility index (Phi) is 5.96. The number of hydrogen-bond acceptors (Lipinski definition) is 5. The van der Waals surface area contributed by atoms with Crippen LogP contribution in [-0.2, 0) is 19.8 Å². The Balaban J connectivity index is 1.83. The number of hydrogen-bond donors (Lipinski definition) is 1. The monoisotopic (exact) mass is 437 g/mol. The summed E-state index contributed by atoms with van der Waals surface area (Å²) < 4.78 is 51.8. The minimum absolute atomic E-state index is 0.332. The van der Waals surface area contributed by atoms with Crippen LogP contribution in [0.5, 0.6) is 11.5 Å². The first kappa shape index (κ1) is 22.2. The van der Waals surface area contributed by atoms with Gasteiger partial charge >= 0.3 is 6.18 Å². The Hall–Kier alpha value is -3.50. The van der Waals surface area contributed by atoms with Crippen molar-refractivity contribution in [3.8, 4) is 11.5 Å². The number of rotatable bonds is 6. The molecule has 0 aliphatic rings. The molecule has 0 fully saturated rings. The topological polar surface area (TPSA) is 83.2 Å². The van der Waals surface area contributed by atoms with E-state index < -0.39 is 17.8 Å². The van der Waals surface area contributed by atoms with E-state index >= 15 is 0 Å². The first-order chi connectivity index (χ1) is 14.5. The maximum absolute atomic E-state index is 13.0. The normalized spacial score (nSPS) is 11.5. The van der Waals surface area contributed by atoms with Crippen LogP contribution in [-0.4, -0.2) is 39.7 Å². The van der Waals surface area contributed by atoms with Crippen molar-refractivity contribution in [1.82, 2.24) is 19.6 Å². The smallest absolute Gasteiger partial charge is 0.433 e. The molecule has 8 nitrogen and oxygen atoms in total. The fourth-order valence-corrected chi connectivity index (χ4v) is 3.20. The third-order valence-corrected chi connectivity index (χ3v) is 4.80. The molecular weight excluding hydrogens is 415 g/mol. The highest BCUT2D eigenvalue weighted by atomic mass is 19.4. The number of halogens is 3. The number of nitrogens with zero attached hydrogens (tertiary/aromatic N) is 4. The average Bonchev–Trinajstić information content (AvgIpc) is 3.23. The van der Waals surface area contributed by atoms with Crippen LogP contribution in [0.15, 0.2) is 24.3 Å². The van der Waals surface area contributed by atoms with Crippen molar-refractivity contribution < 1.29 is 27.4 Å². The van der Waals surface area contributed by atoms with Crippen molar-refractivity contribution in [2.24, 2.45) is 7.05 Å². The third kappa shape index (κ3) is 4.49. The van der Waals surface area contributed by atoms with Crippen molar-refractivity contribution in [2.75, 3.05) is 19.5 Å². The van der Waals surface area contributed by atoms with Crippen molar-refractivity contribution in [3.63, 3.8) is 0 Å². The van der Waals surface area contributed by atoms with E-state index in [1.807, 2.05) is 12.1 Å². The lowest BCUT2D eigenvalue weighted by molar-refractivity contribution is -0.143. The van der Waals surface area contributed by atoms with Crippen LogP contribution in [0.3, 0.4) is 0 Å². The molecule has 0 aliphatic heterocycles. The largest absolute Gasteiger partial charge is 0.493 e. The molecule has 11 heteroatoms. The number of amides is 1. The summed E-state index contributed by atoms with van der Waals surface area (Å²) in [5.74, 6) is 0.426. The van der Waals surface area contributed by atoms with E-state index in [9.17, 15) is 18.0 Å². The Morgan fingerprint density at radius 2 is 1.77 bits per heavy atom. The van der Waals surface area contributed by atoms with Gasteiger partial charge in [0.2, 0.25) is 0 Å². The van der Waals surface area contributed by atoms with Gasteiger partial charge in [-0.05, 0) is 31.5 Å². The zero-order valence-corrected chi connectivity index (χ0v) is 17.7. The van der Waals surface area contributed by atoms with Crippen LogP contribution in [0.25, 0.3) is 0 Å². The number of anilines is 1. The van der Waals surface area contributed by atoms with E-state index in [1.54, 1.807) is 38.8 Å². The van der Waals surface area contributed by atoms with Gasteiger partial charge in [-0.2, -0.15) is 23.4 Å². The van der Waals surface area contributed by atoms with E-state index in [1.165, 1.54) is 0 Å². The summed E-state index contributed by atoms with van der Waals surface area (Å²) in [5.41, 5.74) is 1.15. The molecule has 0 aliphatic carbocycles. The second-order valence-corrected chi connectivity index (χ2v) is 6.88. The highest BCUT2D eigenvalue weighted by Crippen LogP contribution is 2.30. The highest BCUT2D eigenvalue weighted by Gasteiger charge is 2.35. The first-order valence-electron chi connectivity index (χ1n) is 9.22. The molecule has 2 heterocycles. The average molecular weight is 437 g/mol. The van der Waals surface area contributed by atoms with E-state index in [0.29, 0.717) is 45.9 Å². The first-order valence-corrected chi connectivity index (χ1v) is 9.22. The summed E-state index contributed by atoms with van der Waals surface area (Å²) >= 11 is 0. The van der Waals surface area contributed by atoms with Crippen LogP contribution in [0, 0.1) is 13.8 Å². The van der Waals surface area contributed by atoms with Crippen LogP contribution < -0.4 is 14.8 Å². The number of nitrogens with one attached hydrogen (secondary N) is 1. The van der Waals surface area contributed by atoms with Crippen LogP contribution in [0.4, 0.5) is 18.9 Å². The zero-order valence-electron chi connectivity index (χ0n) is 17.7. The lowest BCUT2D eigenvalue weighted by Crippen LogP contribution is -2.14. The maximum Gasteiger partial charge on any atom is 0.433 e. The molecule has 31 heavy (non-hydrogen) atoms. The molecule has 3 rings (SSSR count). The predicted molar refractivity (Wildman–Crippen MR) is 107 cm³/mol. The summed E-state index contributed by atoms with van der Waals surface area (Å²) in [6.07, 6.45) is -4.60. The molecule has 0 spiro atoms.